The van der Waals surface area contributed by atoms with Crippen LogP contribution >= 0.6 is 0 Å². The van der Waals surface area contributed by atoms with Crippen molar-refractivity contribution in [3.05, 3.63) is 60.4 Å². The van der Waals surface area contributed by atoms with Crippen molar-refractivity contribution in [3.63, 3.8) is 0 Å². The van der Waals surface area contributed by atoms with Crippen molar-refractivity contribution in [2.24, 2.45) is 0 Å². The average Bonchev–Trinajstić information content (AvgIpc) is 2.06. The van der Waals surface area contributed by atoms with Gasteiger partial charge in [-0.3, -0.25) is 0 Å². The van der Waals surface area contributed by atoms with Crippen molar-refractivity contribution >= 4 is 0 Å². The molecule has 0 aromatic rings. The molecule has 0 spiro atoms. The van der Waals surface area contributed by atoms with Gasteiger partial charge in [-0.05, 0) is 17.7 Å². The molecular weight excluding hydrogens is 148 g/mol. The quantitative estimate of drug-likeness (QED) is 0.526. The Balaban J connectivity index is 2.31. The summed E-state index contributed by atoms with van der Waals surface area (Å²) in [5, 5.41) is 0. The maximum atomic E-state index is 5.45. The normalized spacial score (nSPS) is 25.3. The Morgan fingerprint density at radius 1 is 1.00 bits per heavy atom. The zero-order valence-electron chi connectivity index (χ0n) is 6.68. The van der Waals surface area contributed by atoms with Crippen molar-refractivity contribution in [2.75, 3.05) is 0 Å². The van der Waals surface area contributed by atoms with Crippen LogP contribution in [0.3, 0.4) is 0 Å². The maximum Gasteiger partial charge on any atom is 0.141 e. The van der Waals surface area contributed by atoms with Crippen LogP contribution in [0.25, 0.3) is 0 Å². The molecule has 1 aliphatic heterocycles. The van der Waals surface area contributed by atoms with Crippen LogP contribution in [-0.2, 0) is 4.74 Å². The molecule has 1 aliphatic carbocycles. The lowest BCUT2D eigenvalue weighted by Gasteiger charge is -2.16. The van der Waals surface area contributed by atoms with Gasteiger partial charge in [0, 0.05) is 0 Å². The summed E-state index contributed by atoms with van der Waals surface area (Å²) in [4.78, 5) is 0. The van der Waals surface area contributed by atoms with Gasteiger partial charge in [0.05, 0.1) is 6.26 Å². The summed E-state index contributed by atoms with van der Waals surface area (Å²) in [5.74, 6) is 0. The number of fused-ring (bicyclic) bond motifs is 1. The molecular formula is C11H10O. The molecule has 1 heterocycles. The Morgan fingerprint density at radius 3 is 3.00 bits per heavy atom. The fourth-order valence-electron chi connectivity index (χ4n) is 1.22. The zero-order valence-corrected chi connectivity index (χ0v) is 6.68. The Labute approximate surface area is 72.0 Å². The van der Waals surface area contributed by atoms with Crippen molar-refractivity contribution in [3.8, 4) is 0 Å². The molecule has 2 rings (SSSR count). The number of hydrogen-bond donors (Lipinski definition) is 0. The molecule has 0 aromatic carbocycles. The third-order valence-corrected chi connectivity index (χ3v) is 1.83. The topological polar surface area (TPSA) is 9.23 Å². The summed E-state index contributed by atoms with van der Waals surface area (Å²) in [7, 11) is 0. The third kappa shape index (κ3) is 1.40. The lowest BCUT2D eigenvalue weighted by molar-refractivity contribution is 0.219. The second kappa shape index (κ2) is 3.26. The highest BCUT2D eigenvalue weighted by Gasteiger charge is 2.09. The fourth-order valence-corrected chi connectivity index (χ4v) is 1.22. The minimum Gasteiger partial charge on any atom is -0.489 e. The van der Waals surface area contributed by atoms with Crippen LogP contribution in [0.15, 0.2) is 60.4 Å². The lowest BCUT2D eigenvalue weighted by atomic mass is 10.0. The zero-order chi connectivity index (χ0) is 8.23. The number of rotatable bonds is 0. The minimum absolute atomic E-state index is 0.0937. The molecule has 1 nitrogen and oxygen atoms in total. The lowest BCUT2D eigenvalue weighted by Crippen LogP contribution is -2.10. The van der Waals surface area contributed by atoms with Gasteiger partial charge in [0.15, 0.2) is 0 Å². The van der Waals surface area contributed by atoms with E-state index < -0.39 is 0 Å². The first-order valence-corrected chi connectivity index (χ1v) is 4.00. The van der Waals surface area contributed by atoms with E-state index in [0.717, 1.165) is 0 Å². The summed E-state index contributed by atoms with van der Waals surface area (Å²) in [6, 6.07) is 0. The molecule has 60 valence electrons. The maximum absolute atomic E-state index is 5.45. The van der Waals surface area contributed by atoms with Crippen LogP contribution < -0.4 is 0 Å². The van der Waals surface area contributed by atoms with Gasteiger partial charge in [0.1, 0.15) is 6.10 Å². The van der Waals surface area contributed by atoms with E-state index in [1.807, 2.05) is 36.5 Å². The largest absolute Gasteiger partial charge is 0.489 e. The summed E-state index contributed by atoms with van der Waals surface area (Å²) in [5.41, 5.74) is 1.19. The molecule has 1 atom stereocenters. The van der Waals surface area contributed by atoms with Crippen molar-refractivity contribution < 1.29 is 4.74 Å². The Hall–Kier alpha value is -1.50. The van der Waals surface area contributed by atoms with Gasteiger partial charge >= 0.3 is 0 Å². The van der Waals surface area contributed by atoms with E-state index in [2.05, 4.69) is 12.2 Å². The van der Waals surface area contributed by atoms with Crippen LogP contribution in [0.5, 0.6) is 0 Å². The highest BCUT2D eigenvalue weighted by Crippen LogP contribution is 2.16. The van der Waals surface area contributed by atoms with Crippen LogP contribution in [-0.4, -0.2) is 6.10 Å². The predicted octanol–water partition coefficient (Wildman–Crippen LogP) is 2.51. The molecule has 0 amide bonds. The van der Waals surface area contributed by atoms with Crippen molar-refractivity contribution in [2.45, 2.75) is 6.10 Å². The van der Waals surface area contributed by atoms with Gasteiger partial charge in [-0.15, -0.1) is 0 Å². The molecule has 1 heteroatoms. The number of hydrogen-bond acceptors (Lipinski definition) is 1. The van der Waals surface area contributed by atoms with Crippen molar-refractivity contribution in [1.82, 2.24) is 0 Å². The second-order valence-corrected chi connectivity index (χ2v) is 2.68. The number of allylic oxidation sites excluding steroid dienone is 6. The fraction of sp³-hybridized carbons (Fsp3) is 0.0909. The molecule has 0 N–H and O–H groups in total. The minimum atomic E-state index is 0.0937. The Bertz CT molecular complexity index is 303. The molecule has 0 saturated carbocycles. The SMILES string of the molecule is C1=CC=C2C=CC=CC2OC=C1. The van der Waals surface area contributed by atoms with Crippen LogP contribution in [0.1, 0.15) is 0 Å². The Kier molecular flexibility index (Phi) is 1.95. The van der Waals surface area contributed by atoms with E-state index >= 15 is 0 Å². The van der Waals surface area contributed by atoms with Gasteiger partial charge < -0.3 is 4.74 Å². The molecule has 0 bridgehead atoms. The van der Waals surface area contributed by atoms with E-state index in [-0.39, 0.29) is 6.10 Å². The van der Waals surface area contributed by atoms with Crippen LogP contribution in [0, 0.1) is 0 Å². The molecule has 0 aromatic heterocycles. The smallest absolute Gasteiger partial charge is 0.141 e. The second-order valence-electron chi connectivity index (χ2n) is 2.68. The van der Waals surface area contributed by atoms with E-state index in [4.69, 9.17) is 4.74 Å². The van der Waals surface area contributed by atoms with E-state index in [1.165, 1.54) is 5.57 Å². The van der Waals surface area contributed by atoms with Gasteiger partial charge in [-0.25, -0.2) is 0 Å². The highest BCUT2D eigenvalue weighted by atomic mass is 16.5. The van der Waals surface area contributed by atoms with Gasteiger partial charge in [-0.2, -0.15) is 0 Å². The molecule has 1 unspecified atom stereocenters. The average molecular weight is 158 g/mol. The first-order chi connectivity index (χ1) is 5.97. The molecule has 0 saturated heterocycles. The van der Waals surface area contributed by atoms with E-state index in [0.29, 0.717) is 0 Å². The monoisotopic (exact) mass is 158 g/mol. The summed E-state index contributed by atoms with van der Waals surface area (Å²) >= 11 is 0. The third-order valence-electron chi connectivity index (χ3n) is 1.83. The summed E-state index contributed by atoms with van der Waals surface area (Å²) < 4.78 is 5.45. The van der Waals surface area contributed by atoms with E-state index in [9.17, 15) is 0 Å². The highest BCUT2D eigenvalue weighted by molar-refractivity contribution is 5.38. The van der Waals surface area contributed by atoms with Crippen LogP contribution in [0.4, 0.5) is 0 Å². The summed E-state index contributed by atoms with van der Waals surface area (Å²) in [6.07, 6.45) is 17.9. The van der Waals surface area contributed by atoms with Gasteiger partial charge in [-0.1, -0.05) is 36.5 Å². The van der Waals surface area contributed by atoms with Crippen molar-refractivity contribution in [1.29, 1.82) is 0 Å². The molecule has 12 heavy (non-hydrogen) atoms. The van der Waals surface area contributed by atoms with E-state index in [1.54, 1.807) is 6.26 Å². The van der Waals surface area contributed by atoms with Gasteiger partial charge in [0.2, 0.25) is 0 Å². The predicted molar refractivity (Wildman–Crippen MR) is 49.5 cm³/mol. The van der Waals surface area contributed by atoms with Gasteiger partial charge in [0.25, 0.3) is 0 Å². The molecule has 0 fully saturated rings. The Morgan fingerprint density at radius 2 is 2.00 bits per heavy atom. The standard InChI is InChI=1S/C11H10O/c1-2-6-10-7-3-4-8-11(10)12-9-5-1/h1-9,11H. The van der Waals surface area contributed by atoms with Crippen LogP contribution in [0.2, 0.25) is 0 Å². The first kappa shape index (κ1) is 7.17. The molecule has 2 aliphatic rings. The summed E-state index contributed by atoms with van der Waals surface area (Å²) in [6.45, 7) is 0. The first-order valence-electron chi connectivity index (χ1n) is 4.00. The molecule has 0 radical (unpaired) electrons. The number of ether oxygens (including phenoxy) is 1.